The fourth-order valence-corrected chi connectivity index (χ4v) is 1.23. The quantitative estimate of drug-likeness (QED) is 0.591. The third-order valence-corrected chi connectivity index (χ3v) is 1.81. The van der Waals surface area contributed by atoms with E-state index in [4.69, 9.17) is 0 Å². The summed E-state index contributed by atoms with van der Waals surface area (Å²) in [6.45, 7) is 6.61. The zero-order chi connectivity index (χ0) is 7.56. The maximum absolute atomic E-state index is 2.22. The summed E-state index contributed by atoms with van der Waals surface area (Å²) in [6.07, 6.45) is 0. The van der Waals surface area contributed by atoms with Crippen LogP contribution in [0.5, 0.6) is 0 Å². The molecule has 1 aromatic carbocycles. The molecule has 0 radical (unpaired) electrons. The van der Waals surface area contributed by atoms with Gasteiger partial charge in [0.2, 0.25) is 0 Å². The van der Waals surface area contributed by atoms with Gasteiger partial charge in [-0.3, -0.25) is 0 Å². The van der Waals surface area contributed by atoms with E-state index in [0.29, 0.717) is 5.92 Å². The molecule has 0 aliphatic rings. The third-order valence-electron chi connectivity index (χ3n) is 1.81. The van der Waals surface area contributed by atoms with Gasteiger partial charge < -0.3 is 5.48 Å². The minimum Gasteiger partial charge on any atom is -0.412 e. The number of hydrogen-bond acceptors (Lipinski definition) is 0. The lowest BCUT2D eigenvalue weighted by molar-refractivity contribution is 0.824. The van der Waals surface area contributed by atoms with Gasteiger partial charge in [-0.2, -0.15) is 0 Å². The van der Waals surface area contributed by atoms with Crippen molar-refractivity contribution in [1.82, 2.24) is 0 Å². The van der Waals surface area contributed by atoms with Crippen LogP contribution >= 0.6 is 0 Å². The lowest BCUT2D eigenvalue weighted by Gasteiger charge is -2.07. The molecule has 0 unspecified atom stereocenters. The molecule has 0 saturated heterocycles. The first kappa shape index (κ1) is 10.2. The van der Waals surface area contributed by atoms with Gasteiger partial charge in [-0.25, -0.2) is 0 Å². The maximum atomic E-state index is 2.22. The van der Waals surface area contributed by atoms with Crippen molar-refractivity contribution in [2.24, 2.45) is 0 Å². The van der Waals surface area contributed by atoms with Crippen molar-refractivity contribution in [1.29, 1.82) is 0 Å². The molecule has 11 heavy (non-hydrogen) atoms. The van der Waals surface area contributed by atoms with Gasteiger partial charge >= 0.3 is 0 Å². The van der Waals surface area contributed by atoms with Crippen LogP contribution in [0.2, 0.25) is 0 Å². The SMILES string of the molecule is Cc1ccccc1C(C)C.O. The average Bonchev–Trinajstić information content (AvgIpc) is 1.88. The first-order chi connectivity index (χ1) is 4.72. The van der Waals surface area contributed by atoms with Crippen molar-refractivity contribution >= 4 is 0 Å². The molecule has 1 nitrogen and oxygen atoms in total. The highest BCUT2D eigenvalue weighted by Crippen LogP contribution is 2.17. The molecule has 1 rings (SSSR count). The van der Waals surface area contributed by atoms with E-state index in [9.17, 15) is 0 Å². The van der Waals surface area contributed by atoms with Gasteiger partial charge in [-0.15, -0.1) is 0 Å². The fourth-order valence-electron chi connectivity index (χ4n) is 1.23. The highest BCUT2D eigenvalue weighted by Gasteiger charge is 1.99. The second-order valence-corrected chi connectivity index (χ2v) is 3.01. The van der Waals surface area contributed by atoms with Gasteiger partial charge in [0, 0.05) is 0 Å². The Kier molecular flexibility index (Phi) is 3.83. The van der Waals surface area contributed by atoms with Crippen LogP contribution in [0.3, 0.4) is 0 Å². The van der Waals surface area contributed by atoms with E-state index in [1.165, 1.54) is 11.1 Å². The van der Waals surface area contributed by atoms with E-state index < -0.39 is 0 Å². The highest BCUT2D eigenvalue weighted by molar-refractivity contribution is 5.27. The smallest absolute Gasteiger partial charge is 0.0216 e. The summed E-state index contributed by atoms with van der Waals surface area (Å²) in [5.74, 6) is 0.654. The van der Waals surface area contributed by atoms with Gasteiger partial charge in [0.05, 0.1) is 0 Å². The Morgan fingerprint density at radius 1 is 1.09 bits per heavy atom. The van der Waals surface area contributed by atoms with Crippen LogP contribution in [0, 0.1) is 6.92 Å². The van der Waals surface area contributed by atoms with Gasteiger partial charge in [-0.1, -0.05) is 38.1 Å². The van der Waals surface area contributed by atoms with E-state index in [-0.39, 0.29) is 5.48 Å². The monoisotopic (exact) mass is 152 g/mol. The van der Waals surface area contributed by atoms with Crippen molar-refractivity contribution < 1.29 is 5.48 Å². The molecule has 0 bridgehead atoms. The van der Waals surface area contributed by atoms with E-state index in [0.717, 1.165) is 0 Å². The molecule has 0 aliphatic carbocycles. The number of hydrogen-bond donors (Lipinski definition) is 0. The van der Waals surface area contributed by atoms with Crippen LogP contribution in [0.1, 0.15) is 30.9 Å². The largest absolute Gasteiger partial charge is 0.412 e. The molecular weight excluding hydrogens is 136 g/mol. The molecule has 62 valence electrons. The second kappa shape index (κ2) is 4.14. The summed E-state index contributed by atoms with van der Waals surface area (Å²) in [5.41, 5.74) is 2.86. The average molecular weight is 152 g/mol. The Labute approximate surface area is 68.4 Å². The van der Waals surface area contributed by atoms with Crippen LogP contribution in [0.4, 0.5) is 0 Å². The van der Waals surface area contributed by atoms with E-state index in [1.54, 1.807) is 0 Å². The minimum absolute atomic E-state index is 0. The predicted octanol–water partition coefficient (Wildman–Crippen LogP) is 2.29. The summed E-state index contributed by atoms with van der Waals surface area (Å²) in [6, 6.07) is 8.54. The highest BCUT2D eigenvalue weighted by atomic mass is 16.0. The molecule has 0 amide bonds. The van der Waals surface area contributed by atoms with Gasteiger partial charge in [0.1, 0.15) is 0 Å². The second-order valence-electron chi connectivity index (χ2n) is 3.01. The first-order valence-electron chi connectivity index (χ1n) is 3.77. The molecule has 0 aliphatic heterocycles. The molecule has 1 heteroatoms. The van der Waals surface area contributed by atoms with Crippen molar-refractivity contribution in [3.05, 3.63) is 35.4 Å². The predicted molar refractivity (Wildman–Crippen MR) is 48.9 cm³/mol. The zero-order valence-electron chi connectivity index (χ0n) is 7.39. The Bertz CT molecular complexity index is 216. The molecule has 1 aromatic rings. The van der Waals surface area contributed by atoms with E-state index >= 15 is 0 Å². The summed E-state index contributed by atoms with van der Waals surface area (Å²) in [5, 5.41) is 0. The molecule has 0 atom stereocenters. The van der Waals surface area contributed by atoms with Crippen LogP contribution in [-0.4, -0.2) is 5.48 Å². The van der Waals surface area contributed by atoms with E-state index in [1.807, 2.05) is 0 Å². The molecular formula is C10H16O. The lowest BCUT2D eigenvalue weighted by Crippen LogP contribution is -1.89. The van der Waals surface area contributed by atoms with Gasteiger partial charge in [-0.05, 0) is 24.0 Å². The van der Waals surface area contributed by atoms with Crippen LogP contribution in [-0.2, 0) is 0 Å². The molecule has 0 fully saturated rings. The molecule has 0 spiro atoms. The third kappa shape index (κ3) is 2.35. The number of rotatable bonds is 1. The summed E-state index contributed by atoms with van der Waals surface area (Å²) >= 11 is 0. The Hall–Kier alpha value is -0.820. The van der Waals surface area contributed by atoms with Crippen molar-refractivity contribution in [3.8, 4) is 0 Å². The number of benzene rings is 1. The van der Waals surface area contributed by atoms with Crippen molar-refractivity contribution in [3.63, 3.8) is 0 Å². The Morgan fingerprint density at radius 3 is 2.00 bits per heavy atom. The van der Waals surface area contributed by atoms with Gasteiger partial charge in [0.15, 0.2) is 0 Å². The number of aryl methyl sites for hydroxylation is 1. The summed E-state index contributed by atoms with van der Waals surface area (Å²) < 4.78 is 0. The first-order valence-corrected chi connectivity index (χ1v) is 3.77. The topological polar surface area (TPSA) is 31.5 Å². The fraction of sp³-hybridized carbons (Fsp3) is 0.400. The Balaban J connectivity index is 0.000001000. The van der Waals surface area contributed by atoms with Crippen LogP contribution in [0.25, 0.3) is 0 Å². The molecule has 0 saturated carbocycles. The normalized spacial score (nSPS) is 9.45. The lowest BCUT2D eigenvalue weighted by atomic mass is 9.99. The molecule has 2 N–H and O–H groups in total. The summed E-state index contributed by atoms with van der Waals surface area (Å²) in [4.78, 5) is 0. The van der Waals surface area contributed by atoms with E-state index in [2.05, 4.69) is 45.0 Å². The summed E-state index contributed by atoms with van der Waals surface area (Å²) in [7, 11) is 0. The molecule has 0 aromatic heterocycles. The minimum atomic E-state index is 0. The molecule has 0 heterocycles. The van der Waals surface area contributed by atoms with Gasteiger partial charge in [0.25, 0.3) is 0 Å². The van der Waals surface area contributed by atoms with Crippen LogP contribution < -0.4 is 0 Å². The van der Waals surface area contributed by atoms with Crippen LogP contribution in [0.15, 0.2) is 24.3 Å². The Morgan fingerprint density at radius 2 is 1.64 bits per heavy atom. The standard InChI is InChI=1S/C10H14.H2O/c1-8(2)10-7-5-4-6-9(10)3;/h4-8H,1-3H3;1H2. The zero-order valence-corrected chi connectivity index (χ0v) is 7.39. The van der Waals surface area contributed by atoms with Crippen molar-refractivity contribution in [2.75, 3.05) is 0 Å². The van der Waals surface area contributed by atoms with Crippen molar-refractivity contribution in [2.45, 2.75) is 26.7 Å². The maximum Gasteiger partial charge on any atom is -0.0216 e.